The first-order valence-corrected chi connectivity index (χ1v) is 8.79. The van der Waals surface area contributed by atoms with E-state index in [9.17, 15) is 22.0 Å². The molecule has 0 aromatic heterocycles. The van der Waals surface area contributed by atoms with E-state index < -0.39 is 40.1 Å². The van der Waals surface area contributed by atoms with Gasteiger partial charge in [-0.2, -0.15) is 0 Å². The van der Waals surface area contributed by atoms with Crippen molar-refractivity contribution in [3.63, 3.8) is 0 Å². The molecule has 3 aromatic rings. The molecule has 0 aliphatic carbocycles. The summed E-state index contributed by atoms with van der Waals surface area (Å²) in [7, 11) is 1.42. The Balaban J connectivity index is 2.13. The summed E-state index contributed by atoms with van der Waals surface area (Å²) in [6.07, 6.45) is 2.14. The van der Waals surface area contributed by atoms with Crippen LogP contribution in [0.1, 0.15) is 23.1 Å². The van der Waals surface area contributed by atoms with Crippen LogP contribution in [0.3, 0.4) is 0 Å². The van der Waals surface area contributed by atoms with Crippen LogP contribution in [0.2, 0.25) is 0 Å². The van der Waals surface area contributed by atoms with Gasteiger partial charge in [-0.1, -0.05) is 12.1 Å². The van der Waals surface area contributed by atoms with Crippen LogP contribution in [-0.2, 0) is 6.42 Å². The van der Waals surface area contributed by atoms with Gasteiger partial charge in [0.05, 0.1) is 12.5 Å². The van der Waals surface area contributed by atoms with Crippen molar-refractivity contribution in [3.05, 3.63) is 89.3 Å². The number of methoxy groups -OCH3 is 1. The maximum absolute atomic E-state index is 14.9. The largest absolute Gasteiger partial charge is 0.497 e. The Hall–Kier alpha value is -3.15. The third-order valence-corrected chi connectivity index (χ3v) is 4.59. The minimum atomic E-state index is -1.51. The highest BCUT2D eigenvalue weighted by atomic mass is 19.2. The molecule has 0 saturated carbocycles. The molecule has 0 N–H and O–H groups in total. The standard InChI is InChI=1S/C23H17F5O/c1-3-4-5-15-12-14-8-11-17(21(26)18(14)23(28)20(15)25)22(27)19(24)13-6-9-16(29-2)10-7-13/h3,6-12H,1,4-5H2,2H3. The number of rotatable bonds is 6. The molecule has 3 rings (SSSR count). The van der Waals surface area contributed by atoms with Crippen molar-refractivity contribution < 1.29 is 26.7 Å². The lowest BCUT2D eigenvalue weighted by molar-refractivity contribution is 0.414. The fraction of sp³-hybridized carbons (Fsp3) is 0.130. The van der Waals surface area contributed by atoms with Crippen LogP contribution in [0.15, 0.2) is 55.1 Å². The van der Waals surface area contributed by atoms with Gasteiger partial charge in [-0.3, -0.25) is 0 Å². The van der Waals surface area contributed by atoms with Gasteiger partial charge >= 0.3 is 0 Å². The van der Waals surface area contributed by atoms with Crippen molar-refractivity contribution in [1.82, 2.24) is 0 Å². The Morgan fingerprint density at radius 1 is 0.931 bits per heavy atom. The number of benzene rings is 3. The highest BCUT2D eigenvalue weighted by Gasteiger charge is 2.22. The van der Waals surface area contributed by atoms with E-state index >= 15 is 0 Å². The second-order valence-electron chi connectivity index (χ2n) is 6.37. The quantitative estimate of drug-likeness (QED) is 0.241. The summed E-state index contributed by atoms with van der Waals surface area (Å²) in [4.78, 5) is 0. The van der Waals surface area contributed by atoms with Gasteiger partial charge in [0, 0.05) is 11.1 Å². The fourth-order valence-corrected chi connectivity index (χ4v) is 3.03. The van der Waals surface area contributed by atoms with Gasteiger partial charge in [0.2, 0.25) is 0 Å². The fourth-order valence-electron chi connectivity index (χ4n) is 3.03. The van der Waals surface area contributed by atoms with Crippen LogP contribution in [0.25, 0.3) is 22.4 Å². The van der Waals surface area contributed by atoms with Gasteiger partial charge < -0.3 is 4.74 Å². The normalized spacial score (nSPS) is 12.1. The Kier molecular flexibility index (Phi) is 6.01. The third kappa shape index (κ3) is 3.88. The molecule has 0 amide bonds. The highest BCUT2D eigenvalue weighted by molar-refractivity contribution is 5.91. The van der Waals surface area contributed by atoms with Gasteiger partial charge in [0.15, 0.2) is 23.3 Å². The summed E-state index contributed by atoms with van der Waals surface area (Å²) in [5.74, 6) is -6.41. The van der Waals surface area contributed by atoms with E-state index in [1.807, 2.05) is 0 Å². The molecule has 29 heavy (non-hydrogen) atoms. The molecule has 0 spiro atoms. The summed E-state index contributed by atoms with van der Waals surface area (Å²) in [6, 6.07) is 8.89. The predicted octanol–water partition coefficient (Wildman–Crippen LogP) is 7.15. The molecule has 0 heterocycles. The molecule has 0 aliphatic heterocycles. The van der Waals surface area contributed by atoms with Gasteiger partial charge in [-0.05, 0) is 60.2 Å². The first kappa shape index (κ1) is 20.6. The summed E-state index contributed by atoms with van der Waals surface area (Å²) >= 11 is 0. The molecule has 0 aliphatic rings. The molecule has 0 atom stereocenters. The van der Waals surface area contributed by atoms with Crippen LogP contribution in [0.5, 0.6) is 5.75 Å². The first-order chi connectivity index (χ1) is 13.9. The Morgan fingerprint density at radius 3 is 2.24 bits per heavy atom. The molecule has 6 heteroatoms. The molecule has 0 saturated heterocycles. The van der Waals surface area contributed by atoms with Crippen LogP contribution in [0, 0.1) is 17.5 Å². The van der Waals surface area contributed by atoms with E-state index in [0.717, 1.165) is 6.07 Å². The second-order valence-corrected chi connectivity index (χ2v) is 6.37. The van der Waals surface area contributed by atoms with E-state index in [1.54, 1.807) is 6.08 Å². The van der Waals surface area contributed by atoms with Crippen LogP contribution < -0.4 is 4.74 Å². The average Bonchev–Trinajstić information content (AvgIpc) is 2.74. The van der Waals surface area contributed by atoms with E-state index in [1.165, 1.54) is 43.5 Å². The highest BCUT2D eigenvalue weighted by Crippen LogP contribution is 2.35. The lowest BCUT2D eigenvalue weighted by Crippen LogP contribution is -2.00. The van der Waals surface area contributed by atoms with Gasteiger partial charge in [-0.15, -0.1) is 6.58 Å². The molecule has 3 aromatic carbocycles. The Labute approximate surface area is 164 Å². The summed E-state index contributed by atoms with van der Waals surface area (Å²) in [5, 5.41) is -0.665. The van der Waals surface area contributed by atoms with Crippen LogP contribution in [-0.4, -0.2) is 7.11 Å². The molecule has 0 radical (unpaired) electrons. The number of fused-ring (bicyclic) bond motifs is 1. The molecule has 1 nitrogen and oxygen atoms in total. The van der Waals surface area contributed by atoms with Crippen molar-refractivity contribution in [2.75, 3.05) is 7.11 Å². The average molecular weight is 404 g/mol. The minimum absolute atomic E-state index is 0.0573. The van der Waals surface area contributed by atoms with Crippen molar-refractivity contribution in [3.8, 4) is 5.75 Å². The van der Waals surface area contributed by atoms with Gasteiger partial charge in [0.1, 0.15) is 11.6 Å². The molecule has 0 fully saturated rings. The SMILES string of the molecule is C=CCCc1cc2ccc(C(F)=C(F)c3ccc(OC)cc3)c(F)c2c(F)c1F. The van der Waals surface area contributed by atoms with Crippen LogP contribution in [0.4, 0.5) is 22.0 Å². The second kappa shape index (κ2) is 8.47. The van der Waals surface area contributed by atoms with E-state index in [2.05, 4.69) is 6.58 Å². The van der Waals surface area contributed by atoms with Crippen molar-refractivity contribution in [2.45, 2.75) is 12.8 Å². The smallest absolute Gasteiger partial charge is 0.169 e. The van der Waals surface area contributed by atoms with Crippen molar-refractivity contribution in [1.29, 1.82) is 0 Å². The zero-order valence-corrected chi connectivity index (χ0v) is 15.5. The maximum Gasteiger partial charge on any atom is 0.169 e. The zero-order chi connectivity index (χ0) is 21.1. The Bertz CT molecular complexity index is 1100. The molecular formula is C23H17F5O. The van der Waals surface area contributed by atoms with Gasteiger partial charge in [0.25, 0.3) is 0 Å². The van der Waals surface area contributed by atoms with Gasteiger partial charge in [-0.25, -0.2) is 22.0 Å². The monoisotopic (exact) mass is 404 g/mol. The topological polar surface area (TPSA) is 9.23 Å². The number of hydrogen-bond donors (Lipinski definition) is 0. The first-order valence-electron chi connectivity index (χ1n) is 8.79. The predicted molar refractivity (Wildman–Crippen MR) is 104 cm³/mol. The maximum atomic E-state index is 14.9. The molecular weight excluding hydrogens is 387 g/mol. The Morgan fingerprint density at radius 2 is 1.62 bits per heavy atom. The van der Waals surface area contributed by atoms with E-state index in [0.29, 0.717) is 12.2 Å². The third-order valence-electron chi connectivity index (χ3n) is 4.59. The van der Waals surface area contributed by atoms with E-state index in [4.69, 9.17) is 4.74 Å². The molecule has 0 bridgehead atoms. The summed E-state index contributed by atoms with van der Waals surface area (Å²) in [5.41, 5.74) is -0.875. The van der Waals surface area contributed by atoms with Crippen LogP contribution >= 0.6 is 0 Å². The minimum Gasteiger partial charge on any atom is -0.497 e. The number of halogens is 5. The lowest BCUT2D eigenvalue weighted by atomic mass is 9.99. The van der Waals surface area contributed by atoms with Crippen molar-refractivity contribution >= 4 is 22.4 Å². The number of ether oxygens (including phenoxy) is 1. The molecule has 150 valence electrons. The molecule has 0 unspecified atom stereocenters. The zero-order valence-electron chi connectivity index (χ0n) is 15.5. The number of allylic oxidation sites excluding steroid dienone is 1. The van der Waals surface area contributed by atoms with Crippen molar-refractivity contribution in [2.24, 2.45) is 0 Å². The summed E-state index contributed by atoms with van der Waals surface area (Å²) < 4.78 is 77.8. The summed E-state index contributed by atoms with van der Waals surface area (Å²) in [6.45, 7) is 3.52. The lowest BCUT2D eigenvalue weighted by Gasteiger charge is -2.11. The number of hydrogen-bond acceptors (Lipinski definition) is 1. The van der Waals surface area contributed by atoms with E-state index in [-0.39, 0.29) is 22.9 Å². The number of aryl methyl sites for hydroxylation is 1.